The van der Waals surface area contributed by atoms with E-state index in [4.69, 9.17) is 0 Å². The molecule has 1 nitrogen and oxygen atoms in total. The molecule has 0 fully saturated rings. The number of rotatable bonds is 1. The van der Waals surface area contributed by atoms with Crippen molar-refractivity contribution in [2.24, 2.45) is 7.05 Å². The van der Waals surface area contributed by atoms with Gasteiger partial charge in [0.2, 0.25) is 0 Å². The van der Waals surface area contributed by atoms with Crippen LogP contribution in [0.1, 0.15) is 18.1 Å². The summed E-state index contributed by atoms with van der Waals surface area (Å²) in [5.74, 6) is 0. The van der Waals surface area contributed by atoms with E-state index in [1.807, 2.05) is 0 Å². The molecule has 1 heteroatoms. The summed E-state index contributed by atoms with van der Waals surface area (Å²) in [7, 11) is 2.14. The fourth-order valence-electron chi connectivity index (χ4n) is 2.69. The lowest BCUT2D eigenvalue weighted by molar-refractivity contribution is 1.01. The molecule has 0 saturated carbocycles. The summed E-state index contributed by atoms with van der Waals surface area (Å²) in [4.78, 5) is 0. The predicted molar refractivity (Wildman–Crippen MR) is 79.9 cm³/mol. The van der Waals surface area contributed by atoms with Crippen molar-refractivity contribution in [3.05, 3.63) is 53.6 Å². The lowest BCUT2D eigenvalue weighted by Gasteiger charge is -2.03. The zero-order valence-electron chi connectivity index (χ0n) is 11.1. The second-order valence-corrected chi connectivity index (χ2v) is 4.80. The molecule has 0 aliphatic rings. The third-order valence-electron chi connectivity index (χ3n) is 3.65. The molecule has 1 aromatic heterocycles. The number of aryl methyl sites for hydroxylation is 2. The standard InChI is InChI=1S/C17H17N/c1-4-7-13-11-15-14-8-5-6-9-16(14)18(3)17(15)10-12(13)2/h4-11H,1-3H3/b7-4-. The Morgan fingerprint density at radius 1 is 1.00 bits per heavy atom. The predicted octanol–water partition coefficient (Wildman–Crippen LogP) is 4.67. The Kier molecular flexibility index (Phi) is 2.48. The van der Waals surface area contributed by atoms with Gasteiger partial charge in [-0.1, -0.05) is 30.4 Å². The van der Waals surface area contributed by atoms with Crippen molar-refractivity contribution in [1.82, 2.24) is 4.57 Å². The minimum atomic E-state index is 1.30. The average molecular weight is 235 g/mol. The van der Waals surface area contributed by atoms with E-state index >= 15 is 0 Å². The van der Waals surface area contributed by atoms with Gasteiger partial charge in [0.25, 0.3) is 0 Å². The minimum absolute atomic E-state index is 1.30. The summed E-state index contributed by atoms with van der Waals surface area (Å²) in [6.07, 6.45) is 4.27. The summed E-state index contributed by atoms with van der Waals surface area (Å²) in [5, 5.41) is 2.67. The van der Waals surface area contributed by atoms with Gasteiger partial charge in [-0.3, -0.25) is 0 Å². The zero-order chi connectivity index (χ0) is 12.7. The molecule has 1 heterocycles. The number of para-hydroxylation sites is 1. The van der Waals surface area contributed by atoms with Crippen LogP contribution in [0.25, 0.3) is 27.9 Å². The van der Waals surface area contributed by atoms with Crippen LogP contribution in [0.4, 0.5) is 0 Å². The Morgan fingerprint density at radius 2 is 1.78 bits per heavy atom. The molecule has 0 aliphatic heterocycles. The van der Waals surface area contributed by atoms with Crippen LogP contribution in [0.5, 0.6) is 0 Å². The number of aromatic nitrogens is 1. The molecular weight excluding hydrogens is 218 g/mol. The zero-order valence-corrected chi connectivity index (χ0v) is 11.1. The number of benzene rings is 2. The summed E-state index contributed by atoms with van der Waals surface area (Å²) >= 11 is 0. The number of nitrogens with zero attached hydrogens (tertiary/aromatic N) is 1. The van der Waals surface area contributed by atoms with Gasteiger partial charge in [-0.15, -0.1) is 0 Å². The first kappa shape index (κ1) is 11.1. The Hall–Kier alpha value is -2.02. The maximum atomic E-state index is 2.30. The second kappa shape index (κ2) is 4.02. The van der Waals surface area contributed by atoms with E-state index in [9.17, 15) is 0 Å². The fraction of sp³-hybridized carbons (Fsp3) is 0.176. The van der Waals surface area contributed by atoms with Crippen LogP contribution in [-0.4, -0.2) is 4.57 Å². The van der Waals surface area contributed by atoms with E-state index in [0.717, 1.165) is 0 Å². The summed E-state index contributed by atoms with van der Waals surface area (Å²) in [5.41, 5.74) is 5.24. The van der Waals surface area contributed by atoms with Crippen molar-refractivity contribution >= 4 is 27.9 Å². The van der Waals surface area contributed by atoms with Crippen molar-refractivity contribution in [2.45, 2.75) is 13.8 Å². The molecule has 90 valence electrons. The van der Waals surface area contributed by atoms with Gasteiger partial charge < -0.3 is 4.57 Å². The topological polar surface area (TPSA) is 4.93 Å². The van der Waals surface area contributed by atoms with E-state index in [1.54, 1.807) is 0 Å². The Balaban J connectivity index is 2.49. The molecular formula is C17H17N. The Morgan fingerprint density at radius 3 is 2.56 bits per heavy atom. The maximum Gasteiger partial charge on any atom is 0.0491 e. The third-order valence-corrected chi connectivity index (χ3v) is 3.65. The highest BCUT2D eigenvalue weighted by atomic mass is 14.9. The molecule has 0 atom stereocenters. The summed E-state index contributed by atoms with van der Waals surface area (Å²) in [6, 6.07) is 13.2. The Labute approximate surface area is 107 Å². The van der Waals surface area contributed by atoms with Crippen molar-refractivity contribution < 1.29 is 0 Å². The molecule has 0 bridgehead atoms. The van der Waals surface area contributed by atoms with Crippen molar-refractivity contribution in [2.75, 3.05) is 0 Å². The van der Waals surface area contributed by atoms with Crippen LogP contribution in [0.3, 0.4) is 0 Å². The molecule has 2 aromatic carbocycles. The lowest BCUT2D eigenvalue weighted by atomic mass is 10.0. The molecule has 0 N–H and O–H groups in total. The van der Waals surface area contributed by atoms with Crippen molar-refractivity contribution in [3.63, 3.8) is 0 Å². The van der Waals surface area contributed by atoms with Crippen molar-refractivity contribution in [3.8, 4) is 0 Å². The van der Waals surface area contributed by atoms with E-state index in [0.29, 0.717) is 0 Å². The van der Waals surface area contributed by atoms with Crippen LogP contribution in [0.15, 0.2) is 42.5 Å². The second-order valence-electron chi connectivity index (χ2n) is 4.80. The first-order valence-corrected chi connectivity index (χ1v) is 6.33. The van der Waals surface area contributed by atoms with Gasteiger partial charge >= 0.3 is 0 Å². The van der Waals surface area contributed by atoms with E-state index in [-0.39, 0.29) is 0 Å². The van der Waals surface area contributed by atoms with E-state index in [2.05, 4.69) is 74.0 Å². The molecule has 0 saturated heterocycles. The van der Waals surface area contributed by atoms with E-state index < -0.39 is 0 Å². The average Bonchev–Trinajstić information content (AvgIpc) is 2.65. The molecule has 3 aromatic rings. The van der Waals surface area contributed by atoms with Crippen molar-refractivity contribution in [1.29, 1.82) is 0 Å². The first-order chi connectivity index (χ1) is 8.72. The minimum Gasteiger partial charge on any atom is -0.344 e. The third kappa shape index (κ3) is 1.47. The molecule has 0 unspecified atom stereocenters. The monoisotopic (exact) mass is 235 g/mol. The smallest absolute Gasteiger partial charge is 0.0491 e. The van der Waals surface area contributed by atoms with Crippen LogP contribution < -0.4 is 0 Å². The van der Waals surface area contributed by atoms with Gasteiger partial charge in [0, 0.05) is 28.9 Å². The number of allylic oxidation sites excluding steroid dienone is 1. The van der Waals surface area contributed by atoms with Crippen LogP contribution in [-0.2, 0) is 7.05 Å². The van der Waals surface area contributed by atoms with Crippen LogP contribution >= 0.6 is 0 Å². The lowest BCUT2D eigenvalue weighted by Crippen LogP contribution is -1.88. The van der Waals surface area contributed by atoms with Gasteiger partial charge in [0.1, 0.15) is 0 Å². The first-order valence-electron chi connectivity index (χ1n) is 6.33. The summed E-state index contributed by atoms with van der Waals surface area (Å²) < 4.78 is 2.27. The maximum absolute atomic E-state index is 2.30. The molecule has 18 heavy (non-hydrogen) atoms. The number of hydrogen-bond acceptors (Lipinski definition) is 0. The normalized spacial score (nSPS) is 11.9. The largest absolute Gasteiger partial charge is 0.344 e. The van der Waals surface area contributed by atoms with E-state index in [1.165, 1.54) is 32.9 Å². The molecule has 0 radical (unpaired) electrons. The van der Waals surface area contributed by atoms with Gasteiger partial charge in [-0.05, 0) is 43.2 Å². The molecule has 0 amide bonds. The highest BCUT2D eigenvalue weighted by Gasteiger charge is 2.08. The van der Waals surface area contributed by atoms with Crippen LogP contribution in [0.2, 0.25) is 0 Å². The van der Waals surface area contributed by atoms with Gasteiger partial charge in [0.15, 0.2) is 0 Å². The molecule has 0 spiro atoms. The molecule has 0 aliphatic carbocycles. The highest BCUT2D eigenvalue weighted by molar-refractivity contribution is 6.08. The van der Waals surface area contributed by atoms with Gasteiger partial charge in [0.05, 0.1) is 0 Å². The fourth-order valence-corrected chi connectivity index (χ4v) is 2.69. The number of fused-ring (bicyclic) bond motifs is 3. The van der Waals surface area contributed by atoms with Gasteiger partial charge in [-0.2, -0.15) is 0 Å². The highest BCUT2D eigenvalue weighted by Crippen LogP contribution is 2.30. The quantitative estimate of drug-likeness (QED) is 0.577. The van der Waals surface area contributed by atoms with Gasteiger partial charge in [-0.25, -0.2) is 0 Å². The summed E-state index contributed by atoms with van der Waals surface area (Å²) in [6.45, 7) is 4.24. The Bertz CT molecular complexity index is 760. The number of hydrogen-bond donors (Lipinski definition) is 0. The molecule has 3 rings (SSSR count). The SMILES string of the molecule is C/C=C\c1cc2c3ccccc3n(C)c2cc1C. The van der Waals surface area contributed by atoms with Crippen LogP contribution in [0, 0.1) is 6.92 Å².